The van der Waals surface area contributed by atoms with E-state index in [1.807, 2.05) is 60.7 Å². The van der Waals surface area contributed by atoms with Gasteiger partial charge in [0, 0.05) is 49.9 Å². The molecule has 0 saturated carbocycles. The van der Waals surface area contributed by atoms with Crippen molar-refractivity contribution in [2.24, 2.45) is 0 Å². The predicted molar refractivity (Wildman–Crippen MR) is 147 cm³/mol. The maximum atomic E-state index is 12.9. The molecule has 1 atom stereocenters. The summed E-state index contributed by atoms with van der Waals surface area (Å²) >= 11 is 0. The normalized spacial score (nSPS) is 14.1. The van der Waals surface area contributed by atoms with Crippen LogP contribution in [0.4, 0.5) is 5.69 Å². The molecule has 7 nitrogen and oxygen atoms in total. The molecule has 0 aromatic heterocycles. The van der Waals surface area contributed by atoms with Gasteiger partial charge >= 0.3 is 5.97 Å². The number of rotatable bonds is 13. The third-order valence-electron chi connectivity index (χ3n) is 6.70. The number of hydrogen-bond donors (Lipinski definition) is 1. The van der Waals surface area contributed by atoms with Crippen molar-refractivity contribution in [1.29, 1.82) is 0 Å². The third-order valence-corrected chi connectivity index (χ3v) is 6.70. The average molecular weight is 518 g/mol. The molecule has 0 radical (unpaired) electrons. The lowest BCUT2D eigenvalue weighted by atomic mass is 10.0. The van der Waals surface area contributed by atoms with Crippen molar-refractivity contribution in [3.05, 3.63) is 89.5 Å². The molecule has 7 heteroatoms. The van der Waals surface area contributed by atoms with E-state index in [1.165, 1.54) is 32.1 Å². The van der Waals surface area contributed by atoms with E-state index in [2.05, 4.69) is 4.90 Å². The van der Waals surface area contributed by atoms with Crippen LogP contribution in [0.15, 0.2) is 72.8 Å². The van der Waals surface area contributed by atoms with E-state index in [4.69, 9.17) is 19.3 Å². The van der Waals surface area contributed by atoms with Crippen molar-refractivity contribution < 1.29 is 28.9 Å². The molecule has 1 aliphatic rings. The van der Waals surface area contributed by atoms with Gasteiger partial charge in [0.15, 0.2) is 11.9 Å². The van der Waals surface area contributed by atoms with E-state index in [1.54, 1.807) is 12.1 Å². The molecule has 0 aliphatic carbocycles. The second-order valence-corrected chi connectivity index (χ2v) is 9.41. The molecule has 0 bridgehead atoms. The highest BCUT2D eigenvalue weighted by Gasteiger charge is 2.17. The van der Waals surface area contributed by atoms with Crippen LogP contribution in [-0.2, 0) is 16.0 Å². The zero-order chi connectivity index (χ0) is 26.7. The fourth-order valence-electron chi connectivity index (χ4n) is 4.49. The molecule has 0 unspecified atom stereocenters. The van der Waals surface area contributed by atoms with Crippen molar-refractivity contribution in [2.45, 2.75) is 38.2 Å². The first kappa shape index (κ1) is 27.2. The minimum Gasteiger partial charge on any atom is -0.493 e. The van der Waals surface area contributed by atoms with Gasteiger partial charge in [0.1, 0.15) is 11.5 Å². The number of benzene rings is 3. The second-order valence-electron chi connectivity index (χ2n) is 9.41. The van der Waals surface area contributed by atoms with Gasteiger partial charge in [-0.3, -0.25) is 4.79 Å². The predicted octanol–water partition coefficient (Wildman–Crippen LogP) is 5.40. The smallest absolute Gasteiger partial charge is 0.333 e. The van der Waals surface area contributed by atoms with Crippen molar-refractivity contribution in [2.75, 3.05) is 38.3 Å². The summed E-state index contributed by atoms with van der Waals surface area (Å²) in [5, 5.41) is 9.09. The largest absolute Gasteiger partial charge is 0.493 e. The summed E-state index contributed by atoms with van der Waals surface area (Å²) in [6, 6.07) is 22.5. The Labute approximate surface area is 224 Å². The van der Waals surface area contributed by atoms with Crippen LogP contribution in [0.25, 0.3) is 0 Å². The number of aliphatic carboxylic acids is 1. The lowest BCUT2D eigenvalue weighted by Crippen LogP contribution is -2.29. The first-order chi connectivity index (χ1) is 18.5. The fraction of sp³-hybridized carbons (Fsp3) is 0.355. The Morgan fingerprint density at radius 1 is 0.789 bits per heavy atom. The van der Waals surface area contributed by atoms with Gasteiger partial charge < -0.3 is 24.2 Å². The van der Waals surface area contributed by atoms with Gasteiger partial charge in [0.25, 0.3) is 0 Å². The lowest BCUT2D eigenvalue weighted by molar-refractivity contribution is -0.148. The summed E-state index contributed by atoms with van der Waals surface area (Å²) in [5.41, 5.74) is 3.37. The maximum Gasteiger partial charge on any atom is 0.333 e. The van der Waals surface area contributed by atoms with E-state index >= 15 is 0 Å². The highest BCUT2D eigenvalue weighted by molar-refractivity contribution is 6.09. The summed E-state index contributed by atoms with van der Waals surface area (Å²) in [6.07, 6.45) is 3.88. The van der Waals surface area contributed by atoms with E-state index < -0.39 is 12.1 Å². The summed E-state index contributed by atoms with van der Waals surface area (Å²) in [7, 11) is 1.39. The second kappa shape index (κ2) is 13.6. The van der Waals surface area contributed by atoms with Crippen molar-refractivity contribution in [3.63, 3.8) is 0 Å². The Balaban J connectivity index is 1.18. The first-order valence-electron chi connectivity index (χ1n) is 13.1. The van der Waals surface area contributed by atoms with E-state index in [0.717, 1.165) is 18.7 Å². The number of carbonyl (C=O) groups is 2. The summed E-state index contributed by atoms with van der Waals surface area (Å²) in [5.74, 6) is 0.441. The Hall–Kier alpha value is -3.84. The summed E-state index contributed by atoms with van der Waals surface area (Å²) in [6.45, 7) is 3.14. The van der Waals surface area contributed by atoms with Crippen LogP contribution in [0.2, 0.25) is 0 Å². The molecule has 200 valence electrons. The van der Waals surface area contributed by atoms with Crippen molar-refractivity contribution in [3.8, 4) is 11.5 Å². The van der Waals surface area contributed by atoms with Crippen LogP contribution in [0.1, 0.15) is 47.2 Å². The van der Waals surface area contributed by atoms with Gasteiger partial charge in [0.2, 0.25) is 0 Å². The number of piperidine rings is 1. The molecular formula is C31H35NO6. The number of carboxylic acids is 1. The highest BCUT2D eigenvalue weighted by atomic mass is 16.5. The Morgan fingerprint density at radius 2 is 1.32 bits per heavy atom. The molecule has 4 rings (SSSR count). The number of ketones is 1. The monoisotopic (exact) mass is 517 g/mol. The van der Waals surface area contributed by atoms with Gasteiger partial charge in [-0.15, -0.1) is 0 Å². The minimum atomic E-state index is -0.980. The standard InChI is InChI=1S/C31H35NO6/c1-36-29(31(34)35)22-23-6-14-27(15-7-23)37-20-5-21-38-28-16-10-25(11-17-28)30(33)24-8-12-26(13-9-24)32-18-3-2-4-19-32/h6-17,29H,2-5,18-22H2,1H3,(H,34,35)/t29-/m0/s1. The quantitative estimate of drug-likeness (QED) is 0.240. The molecule has 0 spiro atoms. The molecule has 1 heterocycles. The molecule has 0 amide bonds. The van der Waals surface area contributed by atoms with Crippen molar-refractivity contribution in [1.82, 2.24) is 0 Å². The summed E-state index contributed by atoms with van der Waals surface area (Å²) < 4.78 is 16.5. The third kappa shape index (κ3) is 7.59. The molecule has 38 heavy (non-hydrogen) atoms. The lowest BCUT2D eigenvalue weighted by Gasteiger charge is -2.28. The maximum absolute atomic E-state index is 12.9. The Kier molecular flexibility index (Phi) is 9.76. The topological polar surface area (TPSA) is 85.3 Å². The number of nitrogens with zero attached hydrogens (tertiary/aromatic N) is 1. The van der Waals surface area contributed by atoms with E-state index in [9.17, 15) is 9.59 Å². The van der Waals surface area contributed by atoms with Crippen LogP contribution in [0, 0.1) is 0 Å². The number of hydrogen-bond acceptors (Lipinski definition) is 6. The summed E-state index contributed by atoms with van der Waals surface area (Å²) in [4.78, 5) is 26.4. The van der Waals surface area contributed by atoms with Gasteiger partial charge in [-0.05, 0) is 85.5 Å². The number of ether oxygens (including phenoxy) is 3. The average Bonchev–Trinajstić information content (AvgIpc) is 2.97. The molecule has 1 aliphatic heterocycles. The number of carbonyl (C=O) groups excluding carboxylic acids is 1. The number of carboxylic acid groups (broad SMARTS) is 1. The fourth-order valence-corrected chi connectivity index (χ4v) is 4.49. The van der Waals surface area contributed by atoms with Crippen LogP contribution in [-0.4, -0.2) is 56.4 Å². The molecule has 1 saturated heterocycles. The van der Waals surface area contributed by atoms with Crippen LogP contribution < -0.4 is 14.4 Å². The van der Waals surface area contributed by atoms with Gasteiger partial charge in [-0.25, -0.2) is 4.79 Å². The van der Waals surface area contributed by atoms with Gasteiger partial charge in [0.05, 0.1) is 13.2 Å². The van der Waals surface area contributed by atoms with Crippen LogP contribution in [0.5, 0.6) is 11.5 Å². The first-order valence-corrected chi connectivity index (χ1v) is 13.1. The van der Waals surface area contributed by atoms with E-state index in [-0.39, 0.29) is 5.78 Å². The number of anilines is 1. The molecule has 3 aromatic carbocycles. The highest BCUT2D eigenvalue weighted by Crippen LogP contribution is 2.22. The number of methoxy groups -OCH3 is 1. The zero-order valence-electron chi connectivity index (χ0n) is 21.8. The van der Waals surface area contributed by atoms with Crippen LogP contribution in [0.3, 0.4) is 0 Å². The van der Waals surface area contributed by atoms with Gasteiger partial charge in [-0.2, -0.15) is 0 Å². The van der Waals surface area contributed by atoms with Crippen molar-refractivity contribution >= 4 is 17.4 Å². The Bertz CT molecular complexity index is 1170. The van der Waals surface area contributed by atoms with Gasteiger partial charge in [-0.1, -0.05) is 12.1 Å². The Morgan fingerprint density at radius 3 is 1.84 bits per heavy atom. The zero-order valence-corrected chi connectivity index (χ0v) is 21.8. The molecular weight excluding hydrogens is 482 g/mol. The molecule has 1 fully saturated rings. The SMILES string of the molecule is CO[C@@H](Cc1ccc(OCCCOc2ccc(C(=O)c3ccc(N4CCCCC4)cc3)cc2)cc1)C(=O)O. The van der Waals surface area contributed by atoms with Crippen LogP contribution >= 0.6 is 0 Å². The minimum absolute atomic E-state index is 0.00173. The van der Waals surface area contributed by atoms with E-state index in [0.29, 0.717) is 48.7 Å². The molecule has 1 N–H and O–H groups in total. The molecule has 3 aromatic rings.